The fourth-order valence-corrected chi connectivity index (χ4v) is 5.60. The molecular formula is C30H25ClN2O7. The van der Waals surface area contributed by atoms with Gasteiger partial charge in [0.2, 0.25) is 23.1 Å². The molecule has 0 saturated carbocycles. The van der Waals surface area contributed by atoms with Crippen LogP contribution in [0.4, 0.5) is 5.69 Å². The lowest BCUT2D eigenvalue weighted by Crippen LogP contribution is -2.55. The fourth-order valence-electron chi connectivity index (χ4n) is 5.34. The molecule has 2 N–H and O–H groups in total. The summed E-state index contributed by atoms with van der Waals surface area (Å²) in [7, 11) is 2.86. The number of hydrogen-bond acceptors (Lipinski definition) is 9. The number of ether oxygens (including phenoxy) is 3. The Morgan fingerprint density at radius 2 is 1.88 bits per heavy atom. The summed E-state index contributed by atoms with van der Waals surface area (Å²) in [5, 5.41) is 13.9. The van der Waals surface area contributed by atoms with Gasteiger partial charge in [0.15, 0.2) is 11.3 Å². The quantitative estimate of drug-likeness (QED) is 0.220. The van der Waals surface area contributed by atoms with Gasteiger partial charge in [0.25, 0.3) is 0 Å². The van der Waals surface area contributed by atoms with E-state index in [0.29, 0.717) is 34.5 Å². The number of nitrogens with zero attached hydrogens (tertiary/aromatic N) is 1. The molecule has 2 heterocycles. The van der Waals surface area contributed by atoms with E-state index in [9.17, 15) is 14.7 Å². The van der Waals surface area contributed by atoms with Gasteiger partial charge in [0.1, 0.15) is 33.4 Å². The lowest BCUT2D eigenvalue weighted by molar-refractivity contribution is -0.129. The number of carbonyl (C=O) groups excluding carboxylic acids is 2. The van der Waals surface area contributed by atoms with Gasteiger partial charge in [-0.25, -0.2) is 4.98 Å². The van der Waals surface area contributed by atoms with Crippen LogP contribution in [-0.4, -0.2) is 41.5 Å². The minimum Gasteiger partial charge on any atom is -0.507 e. The number of rotatable bonds is 5. The maximum atomic E-state index is 13.7. The maximum absolute atomic E-state index is 13.7. The van der Waals surface area contributed by atoms with Crippen molar-refractivity contribution in [3.63, 3.8) is 0 Å². The molecule has 40 heavy (non-hydrogen) atoms. The number of benzene rings is 3. The van der Waals surface area contributed by atoms with Crippen molar-refractivity contribution in [1.29, 1.82) is 0 Å². The highest BCUT2D eigenvalue weighted by atomic mass is 35.5. The van der Waals surface area contributed by atoms with E-state index in [4.69, 9.17) is 30.2 Å². The number of nitrogens with one attached hydrogen (secondary N) is 1. The molecule has 1 aromatic heterocycles. The summed E-state index contributed by atoms with van der Waals surface area (Å²) in [6.45, 7) is 3.74. The van der Waals surface area contributed by atoms with Gasteiger partial charge in [-0.1, -0.05) is 24.6 Å². The van der Waals surface area contributed by atoms with Crippen molar-refractivity contribution in [3.8, 4) is 34.5 Å². The molecule has 3 aromatic carbocycles. The third kappa shape index (κ3) is 3.80. The zero-order chi connectivity index (χ0) is 28.3. The van der Waals surface area contributed by atoms with Crippen LogP contribution >= 0.6 is 11.6 Å². The second kappa shape index (κ2) is 9.31. The second-order valence-corrected chi connectivity index (χ2v) is 10.3. The predicted octanol–water partition coefficient (Wildman–Crippen LogP) is 6.10. The number of fused-ring (bicyclic) bond motifs is 2. The van der Waals surface area contributed by atoms with Gasteiger partial charge in [0.05, 0.1) is 19.8 Å². The standard InChI is InChI=1S/C30H25ClN2O7/c1-14-5-8-21-19(9-14)33-29(39-21)18-11-16(6-7-20(18)34)32-17-10-15(2)30(24(35)12-17)28(36)25-22(37-3)13-23(38-4)26(31)27(25)40-30/h5-9,11-13,15,32,34H,10H2,1-4H3. The topological polar surface area (TPSA) is 120 Å². The SMILES string of the molecule is COc1cc(OC)c2c(c1Cl)OC1(C(=O)C=C(Nc3ccc(O)c(-c4nc5cc(C)ccc5o4)c3)CC1C)C2=O. The summed E-state index contributed by atoms with van der Waals surface area (Å²) in [4.78, 5) is 31.8. The molecular weight excluding hydrogens is 536 g/mol. The van der Waals surface area contributed by atoms with Crippen LogP contribution < -0.4 is 19.5 Å². The maximum Gasteiger partial charge on any atom is 0.236 e. The summed E-state index contributed by atoms with van der Waals surface area (Å²) in [5.41, 5.74) is 2.26. The summed E-state index contributed by atoms with van der Waals surface area (Å²) in [6.07, 6.45) is 1.69. The number of aryl methyl sites for hydroxylation is 1. The Morgan fingerprint density at radius 3 is 2.60 bits per heavy atom. The van der Waals surface area contributed by atoms with E-state index in [1.54, 1.807) is 19.1 Å². The molecule has 6 rings (SSSR count). The number of phenols is 1. The van der Waals surface area contributed by atoms with Crippen LogP contribution in [0.3, 0.4) is 0 Å². The molecule has 10 heteroatoms. The van der Waals surface area contributed by atoms with Crippen LogP contribution in [0, 0.1) is 12.8 Å². The van der Waals surface area contributed by atoms with E-state index >= 15 is 0 Å². The van der Waals surface area contributed by atoms with E-state index in [2.05, 4.69) is 10.3 Å². The Kier molecular flexibility index (Phi) is 5.99. The zero-order valence-electron chi connectivity index (χ0n) is 22.1. The Balaban J connectivity index is 1.31. The molecule has 2 atom stereocenters. The van der Waals surface area contributed by atoms with Gasteiger partial charge >= 0.3 is 0 Å². The number of aromatic nitrogens is 1. The minimum atomic E-state index is -1.77. The molecule has 1 aliphatic heterocycles. The van der Waals surface area contributed by atoms with Crippen LogP contribution in [0.2, 0.25) is 5.02 Å². The van der Waals surface area contributed by atoms with Crippen molar-refractivity contribution in [3.05, 3.63) is 70.4 Å². The van der Waals surface area contributed by atoms with E-state index in [-0.39, 0.29) is 39.5 Å². The average Bonchev–Trinajstić information content (AvgIpc) is 3.48. The van der Waals surface area contributed by atoms with Crippen LogP contribution in [0.15, 0.2) is 58.7 Å². The monoisotopic (exact) mass is 560 g/mol. The third-order valence-corrected chi connectivity index (χ3v) is 7.74. The van der Waals surface area contributed by atoms with Crippen LogP contribution in [-0.2, 0) is 4.79 Å². The highest BCUT2D eigenvalue weighted by Gasteiger charge is 2.60. The first kappa shape index (κ1) is 25.8. The molecule has 0 fully saturated rings. The molecule has 2 unspecified atom stereocenters. The highest BCUT2D eigenvalue weighted by Crippen LogP contribution is 2.53. The number of phenolic OH excluding ortho intramolecular Hbond substituents is 1. The van der Waals surface area contributed by atoms with Crippen molar-refractivity contribution in [1.82, 2.24) is 4.98 Å². The molecule has 0 amide bonds. The predicted molar refractivity (Wildman–Crippen MR) is 149 cm³/mol. The molecule has 1 aliphatic carbocycles. The lowest BCUT2D eigenvalue weighted by Gasteiger charge is -2.35. The molecule has 0 bridgehead atoms. The van der Waals surface area contributed by atoms with Crippen molar-refractivity contribution in [2.45, 2.75) is 25.9 Å². The Labute approximate surface area is 234 Å². The van der Waals surface area contributed by atoms with Gasteiger partial charge in [0, 0.05) is 29.4 Å². The summed E-state index contributed by atoms with van der Waals surface area (Å²) in [6, 6.07) is 12.1. The molecule has 4 aromatic rings. The van der Waals surface area contributed by atoms with Crippen LogP contribution in [0.25, 0.3) is 22.6 Å². The zero-order valence-corrected chi connectivity index (χ0v) is 22.9. The smallest absolute Gasteiger partial charge is 0.236 e. The molecule has 1 spiro atoms. The number of Topliss-reactive ketones (excluding diaryl/α,β-unsaturated/α-hetero) is 1. The summed E-state index contributed by atoms with van der Waals surface area (Å²) in [5.74, 6) is -0.730. The van der Waals surface area contributed by atoms with Gasteiger partial charge in [-0.3, -0.25) is 9.59 Å². The first-order valence-corrected chi connectivity index (χ1v) is 12.9. The number of halogens is 1. The van der Waals surface area contributed by atoms with Gasteiger partial charge in [-0.05, 0) is 49.2 Å². The Hall–Kier alpha value is -4.50. The van der Waals surface area contributed by atoms with E-state index in [1.807, 2.05) is 25.1 Å². The summed E-state index contributed by atoms with van der Waals surface area (Å²) >= 11 is 6.46. The third-order valence-electron chi connectivity index (χ3n) is 7.38. The van der Waals surface area contributed by atoms with E-state index < -0.39 is 23.1 Å². The number of carbonyl (C=O) groups is 2. The number of allylic oxidation sites excluding steroid dienone is 1. The lowest BCUT2D eigenvalue weighted by atomic mass is 9.74. The van der Waals surface area contributed by atoms with E-state index in [0.717, 1.165) is 5.56 Å². The number of ketones is 2. The van der Waals surface area contributed by atoms with Crippen molar-refractivity contribution in [2.24, 2.45) is 5.92 Å². The first-order valence-electron chi connectivity index (χ1n) is 12.6. The number of oxazole rings is 1. The van der Waals surface area contributed by atoms with Crippen LogP contribution in [0.5, 0.6) is 23.0 Å². The minimum absolute atomic E-state index is 0.00109. The van der Waals surface area contributed by atoms with Crippen LogP contribution in [0.1, 0.15) is 29.3 Å². The summed E-state index contributed by atoms with van der Waals surface area (Å²) < 4.78 is 22.7. The highest BCUT2D eigenvalue weighted by molar-refractivity contribution is 6.36. The van der Waals surface area contributed by atoms with Crippen molar-refractivity contribution < 1.29 is 33.3 Å². The Morgan fingerprint density at radius 1 is 1.10 bits per heavy atom. The second-order valence-electron chi connectivity index (χ2n) is 9.95. The molecule has 2 aliphatic rings. The van der Waals surface area contributed by atoms with Crippen molar-refractivity contribution >= 4 is 40.0 Å². The van der Waals surface area contributed by atoms with E-state index in [1.165, 1.54) is 32.4 Å². The largest absolute Gasteiger partial charge is 0.507 e. The first-order chi connectivity index (χ1) is 19.2. The van der Waals surface area contributed by atoms with Gasteiger partial charge in [-0.15, -0.1) is 0 Å². The normalized spacial score (nSPS) is 19.9. The number of anilines is 1. The molecule has 0 saturated heterocycles. The van der Waals surface area contributed by atoms with Gasteiger partial charge in [-0.2, -0.15) is 0 Å². The average molecular weight is 561 g/mol. The molecule has 204 valence electrons. The van der Waals surface area contributed by atoms with Crippen molar-refractivity contribution in [2.75, 3.05) is 19.5 Å². The number of hydrogen-bond donors (Lipinski definition) is 2. The number of aromatic hydroxyl groups is 1. The number of methoxy groups -OCH3 is 2. The fraction of sp³-hybridized carbons (Fsp3) is 0.233. The molecule has 0 radical (unpaired) electrons. The molecule has 9 nitrogen and oxygen atoms in total. The Bertz CT molecular complexity index is 1760. The van der Waals surface area contributed by atoms with Gasteiger partial charge < -0.3 is 29.1 Å².